The fourth-order valence-corrected chi connectivity index (χ4v) is 3.68. The summed E-state index contributed by atoms with van der Waals surface area (Å²) in [5.41, 5.74) is 2.85. The topological polar surface area (TPSA) is 80.1 Å². The average molecular weight is 399 g/mol. The van der Waals surface area contributed by atoms with Crippen molar-refractivity contribution in [3.8, 4) is 34.1 Å². The number of hydrogen-bond donors (Lipinski definition) is 0. The highest BCUT2D eigenvalue weighted by atomic mass is 35.5. The van der Waals surface area contributed by atoms with E-state index in [1.165, 1.54) is 19.4 Å². The molecule has 0 saturated heterocycles. The molecule has 0 spiro atoms. The van der Waals surface area contributed by atoms with Gasteiger partial charge in [0.05, 0.1) is 17.6 Å². The first-order valence-electron chi connectivity index (χ1n) is 7.87. The smallest absolute Gasteiger partial charge is 0.175 e. The van der Waals surface area contributed by atoms with Crippen LogP contribution in [0.15, 0.2) is 59.8 Å². The lowest BCUT2D eigenvalue weighted by molar-refractivity contribution is 0.415. The van der Waals surface area contributed by atoms with E-state index in [0.29, 0.717) is 38.6 Å². The van der Waals surface area contributed by atoms with Crippen LogP contribution in [0.25, 0.3) is 22.3 Å². The number of rotatable bonds is 4. The van der Waals surface area contributed by atoms with Crippen LogP contribution in [0, 0.1) is 11.3 Å². The Hall–Kier alpha value is -2.88. The Morgan fingerprint density at radius 1 is 1.11 bits per heavy atom. The van der Waals surface area contributed by atoms with Gasteiger partial charge in [-0.15, -0.1) is 0 Å². The fourth-order valence-electron chi connectivity index (χ4n) is 2.79. The van der Waals surface area contributed by atoms with Gasteiger partial charge < -0.3 is 4.74 Å². The Labute approximate surface area is 162 Å². The van der Waals surface area contributed by atoms with Gasteiger partial charge in [0.25, 0.3) is 0 Å². The Bertz CT molecular complexity index is 1170. The van der Waals surface area contributed by atoms with Gasteiger partial charge in [0.15, 0.2) is 9.84 Å². The van der Waals surface area contributed by atoms with E-state index in [0.717, 1.165) is 6.26 Å². The number of pyridine rings is 1. The number of nitriles is 1. The van der Waals surface area contributed by atoms with Crippen molar-refractivity contribution in [1.82, 2.24) is 4.98 Å². The summed E-state index contributed by atoms with van der Waals surface area (Å²) in [5.74, 6) is 0.352. The van der Waals surface area contributed by atoms with Gasteiger partial charge in [-0.05, 0) is 29.8 Å². The molecule has 0 aliphatic carbocycles. The van der Waals surface area contributed by atoms with Crippen LogP contribution in [0.4, 0.5) is 0 Å². The molecule has 7 heteroatoms. The van der Waals surface area contributed by atoms with Crippen molar-refractivity contribution >= 4 is 21.4 Å². The van der Waals surface area contributed by atoms with E-state index in [-0.39, 0.29) is 4.90 Å². The predicted molar refractivity (Wildman–Crippen MR) is 104 cm³/mol. The van der Waals surface area contributed by atoms with Gasteiger partial charge in [-0.3, -0.25) is 4.98 Å². The first-order chi connectivity index (χ1) is 12.8. The molecular formula is C20H15ClN2O3S. The molecule has 5 nitrogen and oxygen atoms in total. The number of hydrogen-bond acceptors (Lipinski definition) is 5. The summed E-state index contributed by atoms with van der Waals surface area (Å²) in [7, 11) is -2.02. The van der Waals surface area contributed by atoms with Gasteiger partial charge in [0.2, 0.25) is 0 Å². The monoisotopic (exact) mass is 398 g/mol. The summed E-state index contributed by atoms with van der Waals surface area (Å²) in [6.07, 6.45) is 4.19. The second-order valence-electron chi connectivity index (χ2n) is 5.87. The van der Waals surface area contributed by atoms with Crippen molar-refractivity contribution in [1.29, 1.82) is 5.26 Å². The molecule has 3 aromatic rings. The second kappa shape index (κ2) is 7.39. The van der Waals surface area contributed by atoms with Gasteiger partial charge in [-0.25, -0.2) is 8.42 Å². The van der Waals surface area contributed by atoms with Crippen LogP contribution >= 0.6 is 11.6 Å². The van der Waals surface area contributed by atoms with E-state index in [1.807, 2.05) is 6.07 Å². The summed E-state index contributed by atoms with van der Waals surface area (Å²) in [4.78, 5) is 4.22. The molecule has 0 N–H and O–H groups in total. The van der Waals surface area contributed by atoms with Crippen molar-refractivity contribution < 1.29 is 13.2 Å². The summed E-state index contributed by atoms with van der Waals surface area (Å²) < 4.78 is 29.8. The molecule has 0 unspecified atom stereocenters. The number of ether oxygens (including phenoxy) is 1. The lowest BCUT2D eigenvalue weighted by Gasteiger charge is -2.17. The standard InChI is InChI=1S/C20H15ClN2O3S/c1-26-19-9-15(27(2,24)25)8-17(16-5-3-4-6-18(16)21)20(19)14-7-13(10-22)11-23-12-14/h3-9,11-12H,1-2H3. The van der Waals surface area contributed by atoms with E-state index in [2.05, 4.69) is 11.1 Å². The van der Waals surface area contributed by atoms with Crippen molar-refractivity contribution in [3.63, 3.8) is 0 Å². The van der Waals surface area contributed by atoms with Crippen molar-refractivity contribution in [2.75, 3.05) is 13.4 Å². The molecule has 1 aromatic heterocycles. The number of halogens is 1. The number of nitrogens with zero attached hydrogens (tertiary/aromatic N) is 2. The molecule has 136 valence electrons. The third-order valence-electron chi connectivity index (χ3n) is 4.04. The minimum absolute atomic E-state index is 0.113. The molecule has 0 saturated carbocycles. The first-order valence-corrected chi connectivity index (χ1v) is 10.1. The van der Waals surface area contributed by atoms with E-state index < -0.39 is 9.84 Å². The van der Waals surface area contributed by atoms with E-state index >= 15 is 0 Å². The molecule has 0 amide bonds. The SMILES string of the molecule is COc1cc(S(C)(=O)=O)cc(-c2ccccc2Cl)c1-c1cncc(C#N)c1. The van der Waals surface area contributed by atoms with Crippen LogP contribution in [0.1, 0.15) is 5.56 Å². The zero-order valence-electron chi connectivity index (χ0n) is 14.6. The Balaban J connectivity index is 2.44. The molecule has 0 bridgehead atoms. The number of benzene rings is 2. The van der Waals surface area contributed by atoms with Gasteiger partial charge in [0.1, 0.15) is 11.8 Å². The molecule has 0 aliphatic heterocycles. The van der Waals surface area contributed by atoms with Gasteiger partial charge in [-0.1, -0.05) is 29.8 Å². The largest absolute Gasteiger partial charge is 0.496 e. The molecular weight excluding hydrogens is 384 g/mol. The van der Waals surface area contributed by atoms with Crippen molar-refractivity contribution in [2.24, 2.45) is 0 Å². The van der Waals surface area contributed by atoms with E-state index in [4.69, 9.17) is 16.3 Å². The summed E-state index contributed by atoms with van der Waals surface area (Å²) >= 11 is 6.38. The molecule has 0 radical (unpaired) electrons. The third kappa shape index (κ3) is 3.80. The maximum absolute atomic E-state index is 12.2. The minimum atomic E-state index is -3.48. The maximum atomic E-state index is 12.2. The molecule has 27 heavy (non-hydrogen) atoms. The van der Waals surface area contributed by atoms with Crippen LogP contribution in [0.5, 0.6) is 5.75 Å². The normalized spacial score (nSPS) is 11.0. The quantitative estimate of drug-likeness (QED) is 0.652. The second-order valence-corrected chi connectivity index (χ2v) is 8.30. The minimum Gasteiger partial charge on any atom is -0.496 e. The highest BCUT2D eigenvalue weighted by Gasteiger charge is 2.21. The molecule has 0 atom stereocenters. The van der Waals surface area contributed by atoms with Gasteiger partial charge in [-0.2, -0.15) is 5.26 Å². The van der Waals surface area contributed by atoms with Crippen LogP contribution in [0.3, 0.4) is 0 Å². The Morgan fingerprint density at radius 3 is 2.48 bits per heavy atom. The lowest BCUT2D eigenvalue weighted by atomic mass is 9.94. The Kier molecular flexibility index (Phi) is 5.17. The zero-order valence-corrected chi connectivity index (χ0v) is 16.2. The molecule has 0 fully saturated rings. The van der Waals surface area contributed by atoms with E-state index in [1.54, 1.807) is 36.5 Å². The van der Waals surface area contributed by atoms with E-state index in [9.17, 15) is 13.7 Å². The van der Waals surface area contributed by atoms with Crippen LogP contribution < -0.4 is 4.74 Å². The lowest BCUT2D eigenvalue weighted by Crippen LogP contribution is -2.01. The zero-order chi connectivity index (χ0) is 19.6. The highest BCUT2D eigenvalue weighted by molar-refractivity contribution is 7.90. The average Bonchev–Trinajstić information content (AvgIpc) is 2.66. The Morgan fingerprint density at radius 2 is 1.85 bits per heavy atom. The number of methoxy groups -OCH3 is 1. The predicted octanol–water partition coefficient (Wildman–Crippen LogP) is 4.35. The summed E-state index contributed by atoms with van der Waals surface area (Å²) in [6, 6.07) is 13.9. The molecule has 0 aliphatic rings. The first kappa shape index (κ1) is 18.9. The van der Waals surface area contributed by atoms with Crippen molar-refractivity contribution in [2.45, 2.75) is 4.90 Å². The van der Waals surface area contributed by atoms with Gasteiger partial charge in [0, 0.05) is 40.4 Å². The summed E-state index contributed by atoms with van der Waals surface area (Å²) in [6.45, 7) is 0. The van der Waals surface area contributed by atoms with Crippen LogP contribution in [-0.4, -0.2) is 26.8 Å². The number of aromatic nitrogens is 1. The molecule has 3 rings (SSSR count). The highest BCUT2D eigenvalue weighted by Crippen LogP contribution is 2.43. The maximum Gasteiger partial charge on any atom is 0.175 e. The molecule has 2 aromatic carbocycles. The van der Waals surface area contributed by atoms with Gasteiger partial charge >= 0.3 is 0 Å². The molecule has 1 heterocycles. The van der Waals surface area contributed by atoms with Crippen LogP contribution in [-0.2, 0) is 9.84 Å². The fraction of sp³-hybridized carbons (Fsp3) is 0.100. The summed E-state index contributed by atoms with van der Waals surface area (Å²) in [5, 5.41) is 9.66. The number of sulfone groups is 1. The van der Waals surface area contributed by atoms with Crippen LogP contribution in [0.2, 0.25) is 5.02 Å². The van der Waals surface area contributed by atoms with Crippen molar-refractivity contribution in [3.05, 3.63) is 65.4 Å². The third-order valence-corrected chi connectivity index (χ3v) is 5.47.